The van der Waals surface area contributed by atoms with Crippen LogP contribution in [-0.2, 0) is 9.59 Å². The lowest BCUT2D eigenvalue weighted by atomic mass is 9.93. The van der Waals surface area contributed by atoms with Gasteiger partial charge in [0, 0.05) is 24.6 Å². The minimum Gasteiger partial charge on any atom is -0.309 e. The zero-order valence-electron chi connectivity index (χ0n) is 13.6. The number of Topliss-reactive ketones (excluding diaryl/α,β-unsaturated/α-hetero) is 1. The summed E-state index contributed by atoms with van der Waals surface area (Å²) in [5.74, 6) is 0.418. The molecule has 1 aliphatic carbocycles. The molecule has 0 N–H and O–H groups in total. The summed E-state index contributed by atoms with van der Waals surface area (Å²) >= 11 is 0. The molecular weight excluding hydrogens is 274 g/mol. The van der Waals surface area contributed by atoms with Crippen molar-refractivity contribution in [3.05, 3.63) is 30.3 Å². The number of benzene rings is 1. The molecule has 0 heterocycles. The molecule has 0 saturated heterocycles. The van der Waals surface area contributed by atoms with Gasteiger partial charge < -0.3 is 9.69 Å². The second kappa shape index (κ2) is 8.72. The van der Waals surface area contributed by atoms with Crippen LogP contribution in [0.1, 0.15) is 64.7 Å². The molecule has 1 aromatic rings. The Morgan fingerprint density at radius 3 is 2.27 bits per heavy atom. The van der Waals surface area contributed by atoms with Crippen molar-refractivity contribution in [2.45, 2.75) is 70.8 Å². The fraction of sp³-hybridized carbons (Fsp3) is 0.579. The maximum absolute atomic E-state index is 12.7. The maximum Gasteiger partial charge on any atom is 0.227 e. The van der Waals surface area contributed by atoms with Gasteiger partial charge in [-0.2, -0.15) is 0 Å². The molecule has 1 fully saturated rings. The fourth-order valence-electron chi connectivity index (χ4n) is 3.26. The summed E-state index contributed by atoms with van der Waals surface area (Å²) in [4.78, 5) is 25.7. The third-order valence-electron chi connectivity index (χ3n) is 4.41. The molecular formula is C19H27NO2. The van der Waals surface area contributed by atoms with E-state index in [4.69, 9.17) is 0 Å². The Bertz CT molecular complexity index is 477. The molecule has 3 nitrogen and oxygen atoms in total. The standard InChI is InChI=1S/C19H27NO2/c1-16(21)10-8-9-15-19(22)20(17-11-4-2-5-12-17)18-13-6-3-7-14-18/h2,4-5,11-12,18H,3,6-10,13-15H2,1H3. The van der Waals surface area contributed by atoms with Crippen LogP contribution in [0.3, 0.4) is 0 Å². The highest BCUT2D eigenvalue weighted by molar-refractivity contribution is 5.94. The van der Waals surface area contributed by atoms with Gasteiger partial charge in [-0.1, -0.05) is 37.5 Å². The minimum atomic E-state index is 0.208. The van der Waals surface area contributed by atoms with Gasteiger partial charge in [-0.05, 0) is 44.7 Å². The van der Waals surface area contributed by atoms with Crippen molar-refractivity contribution >= 4 is 17.4 Å². The highest BCUT2D eigenvalue weighted by Gasteiger charge is 2.26. The van der Waals surface area contributed by atoms with E-state index in [1.54, 1.807) is 6.92 Å². The molecule has 1 aromatic carbocycles. The molecule has 3 heteroatoms. The van der Waals surface area contributed by atoms with Crippen LogP contribution < -0.4 is 4.90 Å². The van der Waals surface area contributed by atoms with Crippen molar-refractivity contribution in [2.24, 2.45) is 0 Å². The number of para-hydroxylation sites is 1. The molecule has 120 valence electrons. The fourth-order valence-corrected chi connectivity index (χ4v) is 3.26. The van der Waals surface area contributed by atoms with Crippen molar-refractivity contribution in [2.75, 3.05) is 4.90 Å². The number of carbonyl (C=O) groups is 2. The van der Waals surface area contributed by atoms with Crippen LogP contribution in [0.25, 0.3) is 0 Å². The van der Waals surface area contributed by atoms with Crippen LogP contribution in [0.5, 0.6) is 0 Å². The number of nitrogens with zero attached hydrogens (tertiary/aromatic N) is 1. The van der Waals surface area contributed by atoms with E-state index >= 15 is 0 Å². The highest BCUT2D eigenvalue weighted by Crippen LogP contribution is 2.28. The van der Waals surface area contributed by atoms with Crippen molar-refractivity contribution in [3.63, 3.8) is 0 Å². The van der Waals surface area contributed by atoms with Gasteiger partial charge in [0.15, 0.2) is 0 Å². The van der Waals surface area contributed by atoms with Crippen LogP contribution in [0.4, 0.5) is 5.69 Å². The predicted molar refractivity (Wildman–Crippen MR) is 90.0 cm³/mol. The highest BCUT2D eigenvalue weighted by atomic mass is 16.2. The summed E-state index contributed by atoms with van der Waals surface area (Å²) in [5.41, 5.74) is 1.02. The summed E-state index contributed by atoms with van der Waals surface area (Å²) in [7, 11) is 0. The molecule has 0 atom stereocenters. The maximum atomic E-state index is 12.7. The van der Waals surface area contributed by atoms with Gasteiger partial charge in [0.2, 0.25) is 5.91 Å². The third kappa shape index (κ3) is 4.97. The number of hydrogen-bond acceptors (Lipinski definition) is 2. The lowest BCUT2D eigenvalue weighted by Crippen LogP contribution is -2.41. The summed E-state index contributed by atoms with van der Waals surface area (Å²) in [6.07, 6.45) is 8.66. The second-order valence-electron chi connectivity index (χ2n) is 6.30. The van der Waals surface area contributed by atoms with E-state index in [0.29, 0.717) is 18.9 Å². The first-order valence-corrected chi connectivity index (χ1v) is 8.55. The van der Waals surface area contributed by atoms with Gasteiger partial charge >= 0.3 is 0 Å². The van der Waals surface area contributed by atoms with E-state index in [1.807, 2.05) is 35.2 Å². The molecule has 0 aliphatic heterocycles. The quantitative estimate of drug-likeness (QED) is 0.695. The Hall–Kier alpha value is -1.64. The van der Waals surface area contributed by atoms with Gasteiger partial charge in [-0.25, -0.2) is 0 Å². The monoisotopic (exact) mass is 301 g/mol. The average molecular weight is 301 g/mol. The van der Waals surface area contributed by atoms with Gasteiger partial charge in [-0.15, -0.1) is 0 Å². The van der Waals surface area contributed by atoms with Gasteiger partial charge in [0.1, 0.15) is 5.78 Å². The van der Waals surface area contributed by atoms with E-state index in [1.165, 1.54) is 19.3 Å². The number of unbranched alkanes of at least 4 members (excludes halogenated alkanes) is 1. The smallest absolute Gasteiger partial charge is 0.227 e. The second-order valence-corrected chi connectivity index (χ2v) is 6.30. The molecule has 0 unspecified atom stereocenters. The summed E-state index contributed by atoms with van der Waals surface area (Å²) in [6.45, 7) is 1.61. The molecule has 1 amide bonds. The van der Waals surface area contributed by atoms with Crippen molar-refractivity contribution < 1.29 is 9.59 Å². The molecule has 2 rings (SSSR count). The number of ketones is 1. The van der Waals surface area contributed by atoms with Crippen LogP contribution in [0.15, 0.2) is 30.3 Å². The van der Waals surface area contributed by atoms with E-state index in [0.717, 1.165) is 31.4 Å². The van der Waals surface area contributed by atoms with E-state index < -0.39 is 0 Å². The number of carbonyl (C=O) groups excluding carboxylic acids is 2. The number of amides is 1. The first-order chi connectivity index (χ1) is 10.7. The van der Waals surface area contributed by atoms with Crippen LogP contribution >= 0.6 is 0 Å². The lowest BCUT2D eigenvalue weighted by Gasteiger charge is -2.34. The molecule has 22 heavy (non-hydrogen) atoms. The summed E-state index contributed by atoms with van der Waals surface area (Å²) in [6, 6.07) is 10.4. The Morgan fingerprint density at radius 1 is 1.00 bits per heavy atom. The Labute approximate surface area is 133 Å². The van der Waals surface area contributed by atoms with Gasteiger partial charge in [0.25, 0.3) is 0 Å². The molecule has 0 radical (unpaired) electrons. The first-order valence-electron chi connectivity index (χ1n) is 8.55. The SMILES string of the molecule is CC(=O)CCCCC(=O)N(c1ccccc1)C1CCCCC1. The Kier molecular flexibility index (Phi) is 6.63. The van der Waals surface area contributed by atoms with Crippen molar-refractivity contribution in [1.29, 1.82) is 0 Å². The van der Waals surface area contributed by atoms with E-state index in [9.17, 15) is 9.59 Å². The first kappa shape index (κ1) is 16.7. The zero-order chi connectivity index (χ0) is 15.8. The molecule has 0 aromatic heterocycles. The summed E-state index contributed by atoms with van der Waals surface area (Å²) < 4.78 is 0. The number of hydrogen-bond donors (Lipinski definition) is 0. The van der Waals surface area contributed by atoms with Crippen LogP contribution in [0, 0.1) is 0 Å². The molecule has 1 saturated carbocycles. The predicted octanol–water partition coefficient (Wildman–Crippen LogP) is 4.50. The van der Waals surface area contributed by atoms with Crippen molar-refractivity contribution in [1.82, 2.24) is 0 Å². The number of rotatable bonds is 7. The molecule has 0 spiro atoms. The number of anilines is 1. The molecule has 0 bridgehead atoms. The van der Waals surface area contributed by atoms with E-state index in [-0.39, 0.29) is 11.7 Å². The Balaban J connectivity index is 2.00. The average Bonchev–Trinajstić information content (AvgIpc) is 2.54. The van der Waals surface area contributed by atoms with Crippen molar-refractivity contribution in [3.8, 4) is 0 Å². The summed E-state index contributed by atoms with van der Waals surface area (Å²) in [5, 5.41) is 0. The van der Waals surface area contributed by atoms with Gasteiger partial charge in [-0.3, -0.25) is 4.79 Å². The molecule has 1 aliphatic rings. The third-order valence-corrected chi connectivity index (χ3v) is 4.41. The van der Waals surface area contributed by atoms with E-state index in [2.05, 4.69) is 0 Å². The largest absolute Gasteiger partial charge is 0.309 e. The topological polar surface area (TPSA) is 37.4 Å². The van der Waals surface area contributed by atoms with Crippen LogP contribution in [0.2, 0.25) is 0 Å². The zero-order valence-corrected chi connectivity index (χ0v) is 13.6. The Morgan fingerprint density at radius 2 is 1.64 bits per heavy atom. The van der Waals surface area contributed by atoms with Gasteiger partial charge in [0.05, 0.1) is 0 Å². The van der Waals surface area contributed by atoms with Crippen LogP contribution in [-0.4, -0.2) is 17.7 Å². The normalized spacial score (nSPS) is 15.5. The lowest BCUT2D eigenvalue weighted by molar-refractivity contribution is -0.120. The minimum absolute atomic E-state index is 0.208.